The van der Waals surface area contributed by atoms with Crippen LogP contribution in [0.2, 0.25) is 0 Å². The molecule has 1 atom stereocenters. The number of rotatable bonds is 6. The summed E-state index contributed by atoms with van der Waals surface area (Å²) in [6, 6.07) is 2.40. The molecule has 1 saturated carbocycles. The van der Waals surface area contributed by atoms with Crippen molar-refractivity contribution in [3.63, 3.8) is 0 Å². The maximum absolute atomic E-state index is 13.9. The first-order valence-corrected chi connectivity index (χ1v) is 12.5. The van der Waals surface area contributed by atoms with E-state index in [0.29, 0.717) is 23.5 Å². The van der Waals surface area contributed by atoms with Crippen LogP contribution in [0.25, 0.3) is 33.9 Å². The minimum absolute atomic E-state index is 0.0154. The largest absolute Gasteiger partial charge is 0.458 e. The number of pyridine rings is 2. The first-order chi connectivity index (χ1) is 16.8. The van der Waals surface area contributed by atoms with Gasteiger partial charge in [-0.25, -0.2) is 23.6 Å². The summed E-state index contributed by atoms with van der Waals surface area (Å²) in [5, 5.41) is 8.22. The van der Waals surface area contributed by atoms with Crippen molar-refractivity contribution >= 4 is 20.9 Å². The number of hydrogen-bond donors (Lipinski definition) is 1. The number of aromatic nitrogens is 7. The van der Waals surface area contributed by atoms with E-state index in [9.17, 15) is 26.2 Å². The molecule has 36 heavy (non-hydrogen) atoms. The van der Waals surface area contributed by atoms with E-state index in [-0.39, 0.29) is 39.4 Å². The SMILES string of the molecule is CCS(=N)(=O)c1cc(-c2cn(C3CC3)nn2)cnc1-c1nc2cc(C(F)(F)C(F)(F)F)cnc2n1C. The highest BCUT2D eigenvalue weighted by Gasteiger charge is 2.59. The molecule has 0 bridgehead atoms. The van der Waals surface area contributed by atoms with Crippen molar-refractivity contribution < 1.29 is 26.2 Å². The van der Waals surface area contributed by atoms with Gasteiger partial charge in [-0.3, -0.25) is 4.98 Å². The molecule has 1 aliphatic carbocycles. The fraction of sp³-hybridized carbons (Fsp3) is 0.381. The zero-order chi connectivity index (χ0) is 26.0. The van der Waals surface area contributed by atoms with Gasteiger partial charge in [0.2, 0.25) is 0 Å². The zero-order valence-corrected chi connectivity index (χ0v) is 19.7. The molecular weight excluding hydrogens is 507 g/mol. The third-order valence-corrected chi connectivity index (χ3v) is 7.82. The molecule has 1 N–H and O–H groups in total. The van der Waals surface area contributed by atoms with Gasteiger partial charge in [0, 0.05) is 30.8 Å². The Hall–Kier alpha value is -3.49. The van der Waals surface area contributed by atoms with Crippen molar-refractivity contribution in [1.82, 2.24) is 34.5 Å². The van der Waals surface area contributed by atoms with E-state index in [1.165, 1.54) is 23.9 Å². The fourth-order valence-electron chi connectivity index (χ4n) is 3.71. The minimum Gasteiger partial charge on any atom is -0.310 e. The predicted molar refractivity (Wildman–Crippen MR) is 119 cm³/mol. The monoisotopic (exact) mass is 526 g/mol. The van der Waals surface area contributed by atoms with Gasteiger partial charge < -0.3 is 4.57 Å². The summed E-state index contributed by atoms with van der Waals surface area (Å²) in [7, 11) is -1.90. The maximum atomic E-state index is 13.9. The van der Waals surface area contributed by atoms with Crippen LogP contribution in [0.3, 0.4) is 0 Å². The van der Waals surface area contributed by atoms with Gasteiger partial charge in [-0.2, -0.15) is 22.0 Å². The Morgan fingerprint density at radius 1 is 1.14 bits per heavy atom. The van der Waals surface area contributed by atoms with Crippen LogP contribution in [-0.4, -0.2) is 50.7 Å². The molecule has 190 valence electrons. The van der Waals surface area contributed by atoms with Crippen LogP contribution in [0.5, 0.6) is 0 Å². The molecule has 0 amide bonds. The van der Waals surface area contributed by atoms with Crippen molar-refractivity contribution in [1.29, 1.82) is 4.78 Å². The van der Waals surface area contributed by atoms with Crippen molar-refractivity contribution in [3.05, 3.63) is 36.3 Å². The molecule has 4 aromatic rings. The van der Waals surface area contributed by atoms with Crippen molar-refractivity contribution in [3.8, 4) is 22.8 Å². The lowest BCUT2D eigenvalue weighted by atomic mass is 10.1. The van der Waals surface area contributed by atoms with E-state index in [1.807, 2.05) is 0 Å². The number of alkyl halides is 5. The molecule has 1 aliphatic rings. The van der Waals surface area contributed by atoms with Crippen molar-refractivity contribution in [2.24, 2.45) is 7.05 Å². The Kier molecular flexibility index (Phi) is 5.39. The third kappa shape index (κ3) is 3.90. The van der Waals surface area contributed by atoms with E-state index >= 15 is 0 Å². The lowest BCUT2D eigenvalue weighted by molar-refractivity contribution is -0.289. The number of hydrogen-bond acceptors (Lipinski definition) is 7. The summed E-state index contributed by atoms with van der Waals surface area (Å²) in [6.45, 7) is 1.57. The Morgan fingerprint density at radius 2 is 1.86 bits per heavy atom. The average Bonchev–Trinajstić information content (AvgIpc) is 3.47. The van der Waals surface area contributed by atoms with Gasteiger partial charge in [-0.1, -0.05) is 12.1 Å². The third-order valence-electron chi connectivity index (χ3n) is 5.98. The molecule has 0 radical (unpaired) electrons. The Balaban J connectivity index is 1.65. The highest BCUT2D eigenvalue weighted by Crippen LogP contribution is 2.44. The summed E-state index contributed by atoms with van der Waals surface area (Å²) in [5.74, 6) is -5.15. The molecule has 1 fully saturated rings. The van der Waals surface area contributed by atoms with Gasteiger partial charge in [0.25, 0.3) is 0 Å². The highest BCUT2D eigenvalue weighted by molar-refractivity contribution is 7.92. The lowest BCUT2D eigenvalue weighted by Crippen LogP contribution is -2.33. The van der Waals surface area contributed by atoms with Crippen LogP contribution in [0.4, 0.5) is 22.0 Å². The molecule has 0 saturated heterocycles. The van der Waals surface area contributed by atoms with Gasteiger partial charge in [0.05, 0.1) is 32.4 Å². The van der Waals surface area contributed by atoms with Gasteiger partial charge >= 0.3 is 12.1 Å². The molecule has 0 aromatic carbocycles. The average molecular weight is 526 g/mol. The molecule has 9 nitrogen and oxygen atoms in total. The topological polar surface area (TPSA) is 115 Å². The molecule has 0 aliphatic heterocycles. The molecule has 4 heterocycles. The molecule has 1 unspecified atom stereocenters. The van der Waals surface area contributed by atoms with Crippen molar-refractivity contribution in [2.75, 3.05) is 5.75 Å². The van der Waals surface area contributed by atoms with Crippen LogP contribution in [0.1, 0.15) is 31.4 Å². The summed E-state index contributed by atoms with van der Waals surface area (Å²) in [6.07, 6.45) is -0.193. The van der Waals surface area contributed by atoms with Gasteiger partial charge in [0.1, 0.15) is 16.9 Å². The van der Waals surface area contributed by atoms with Crippen LogP contribution in [-0.2, 0) is 22.7 Å². The second-order valence-corrected chi connectivity index (χ2v) is 10.9. The smallest absolute Gasteiger partial charge is 0.310 e. The van der Waals surface area contributed by atoms with E-state index in [1.54, 1.807) is 17.8 Å². The normalized spacial score (nSPS) is 16.4. The minimum atomic E-state index is -5.80. The Bertz CT molecular complexity index is 1590. The second-order valence-electron chi connectivity index (χ2n) is 8.48. The van der Waals surface area contributed by atoms with Crippen LogP contribution < -0.4 is 0 Å². The summed E-state index contributed by atoms with van der Waals surface area (Å²) >= 11 is 0. The predicted octanol–water partition coefficient (Wildman–Crippen LogP) is 4.70. The number of imidazole rings is 1. The molecule has 5 rings (SSSR count). The van der Waals surface area contributed by atoms with Crippen LogP contribution in [0.15, 0.2) is 35.6 Å². The fourth-order valence-corrected chi connectivity index (χ4v) is 4.79. The molecular formula is C21H19F5N8OS. The lowest BCUT2D eigenvalue weighted by Gasteiger charge is -2.19. The second kappa shape index (κ2) is 8.01. The van der Waals surface area contributed by atoms with E-state index in [2.05, 4.69) is 25.3 Å². The standard InChI is InChI=1S/C21H19F5N8OS/c1-3-36(27,35)16-6-11(15-10-34(32-31-15)13-4-5-13)8-28-17(16)19-30-14-7-12(9-29-18(14)33(19)2)20(22,23)21(24,25)26/h6-10,13,27H,3-5H2,1-2H3. The first kappa shape index (κ1) is 24.2. The number of fused-ring (bicyclic) bond motifs is 1. The molecule has 15 heteroatoms. The van der Waals surface area contributed by atoms with E-state index < -0.39 is 27.4 Å². The maximum Gasteiger partial charge on any atom is 0.458 e. The first-order valence-electron chi connectivity index (χ1n) is 10.8. The van der Waals surface area contributed by atoms with Gasteiger partial charge in [-0.15, -0.1) is 5.10 Å². The summed E-state index contributed by atoms with van der Waals surface area (Å²) in [4.78, 5) is 12.3. The number of nitrogens with one attached hydrogen (secondary N) is 1. The Morgan fingerprint density at radius 3 is 2.50 bits per heavy atom. The molecule has 0 spiro atoms. The van der Waals surface area contributed by atoms with E-state index in [0.717, 1.165) is 12.8 Å². The number of nitrogens with zero attached hydrogens (tertiary/aromatic N) is 7. The van der Waals surface area contributed by atoms with Gasteiger partial charge in [-0.05, 0) is 25.0 Å². The summed E-state index contributed by atoms with van der Waals surface area (Å²) < 4.78 is 90.9. The van der Waals surface area contributed by atoms with Crippen LogP contribution in [0, 0.1) is 4.78 Å². The quantitative estimate of drug-likeness (QED) is 0.364. The van der Waals surface area contributed by atoms with Crippen molar-refractivity contribution in [2.45, 2.75) is 42.8 Å². The van der Waals surface area contributed by atoms with E-state index in [4.69, 9.17) is 4.78 Å². The summed E-state index contributed by atoms with van der Waals surface area (Å²) in [5.41, 5.74) is -0.598. The van der Waals surface area contributed by atoms with Crippen LogP contribution >= 0.6 is 0 Å². The van der Waals surface area contributed by atoms with Gasteiger partial charge in [0.15, 0.2) is 11.5 Å². The number of aryl methyl sites for hydroxylation is 1. The zero-order valence-electron chi connectivity index (χ0n) is 18.9. The highest BCUT2D eigenvalue weighted by atomic mass is 32.2. The number of halogens is 5. The Labute approximate surface area is 201 Å². The molecule has 4 aromatic heterocycles.